The van der Waals surface area contributed by atoms with Gasteiger partial charge >= 0.3 is 0 Å². The lowest BCUT2D eigenvalue weighted by Crippen LogP contribution is -2.48. The third-order valence-electron chi connectivity index (χ3n) is 3.60. The second-order valence-corrected chi connectivity index (χ2v) is 4.66. The zero-order chi connectivity index (χ0) is 11.8. The van der Waals surface area contributed by atoms with Crippen molar-refractivity contribution in [2.75, 3.05) is 7.11 Å². The molecule has 1 aromatic rings. The number of nitrogens with two attached hydrogens (primary N) is 1. The van der Waals surface area contributed by atoms with Crippen molar-refractivity contribution in [3.8, 4) is 0 Å². The average molecular weight is 223 g/mol. The Morgan fingerprint density at radius 2 is 2.06 bits per heavy atom. The van der Waals surface area contributed by atoms with Crippen LogP contribution in [0.2, 0.25) is 0 Å². The van der Waals surface area contributed by atoms with E-state index in [0.717, 1.165) is 30.4 Å². The topological polar surface area (TPSA) is 35.2 Å². The van der Waals surface area contributed by atoms with Gasteiger partial charge < -0.3 is 10.5 Å². The first-order chi connectivity index (χ1) is 7.57. The minimum Gasteiger partial charge on any atom is -0.376 e. The molecule has 2 N–H and O–H groups in total. The fraction of sp³-hybridized carbons (Fsp3) is 0.538. The number of hydrogen-bond donors (Lipinski definition) is 1. The van der Waals surface area contributed by atoms with E-state index in [1.54, 1.807) is 7.11 Å². The molecule has 0 spiro atoms. The largest absolute Gasteiger partial charge is 0.376 e. The predicted octanol–water partition coefficient (Wildman–Crippen LogP) is 2.70. The van der Waals surface area contributed by atoms with E-state index in [2.05, 4.69) is 0 Å². The highest BCUT2D eigenvalue weighted by Crippen LogP contribution is 2.43. The van der Waals surface area contributed by atoms with Crippen molar-refractivity contribution in [2.45, 2.75) is 37.8 Å². The molecule has 2 rings (SSSR count). The fourth-order valence-electron chi connectivity index (χ4n) is 2.42. The summed E-state index contributed by atoms with van der Waals surface area (Å²) in [5.74, 6) is -0.226. The standard InChI is InChI=1S/C13H18FNO/c1-9-6-10(8-11(14)7-9)12(15)13(16-2)4-3-5-13/h6-8,12H,3-5,15H2,1-2H3. The normalized spacial score (nSPS) is 20.2. The highest BCUT2D eigenvalue weighted by Gasteiger charge is 2.43. The summed E-state index contributed by atoms with van der Waals surface area (Å²) in [5, 5.41) is 0. The van der Waals surface area contributed by atoms with Gasteiger partial charge in [-0.1, -0.05) is 6.07 Å². The van der Waals surface area contributed by atoms with Crippen molar-refractivity contribution < 1.29 is 9.13 Å². The molecule has 0 heterocycles. The first-order valence-electron chi connectivity index (χ1n) is 5.65. The maximum Gasteiger partial charge on any atom is 0.123 e. The number of rotatable bonds is 3. The van der Waals surface area contributed by atoms with Crippen molar-refractivity contribution in [1.29, 1.82) is 0 Å². The molecular weight excluding hydrogens is 205 g/mol. The smallest absolute Gasteiger partial charge is 0.123 e. The first-order valence-corrected chi connectivity index (χ1v) is 5.65. The summed E-state index contributed by atoms with van der Waals surface area (Å²) in [6.07, 6.45) is 3.05. The van der Waals surface area contributed by atoms with Crippen LogP contribution in [0.3, 0.4) is 0 Å². The quantitative estimate of drug-likeness (QED) is 0.855. The lowest BCUT2D eigenvalue weighted by Gasteiger charge is -2.45. The van der Waals surface area contributed by atoms with Gasteiger partial charge in [0.05, 0.1) is 11.6 Å². The second-order valence-electron chi connectivity index (χ2n) is 4.66. The Balaban J connectivity index is 2.29. The Kier molecular flexibility index (Phi) is 3.00. The molecule has 1 fully saturated rings. The van der Waals surface area contributed by atoms with Crippen LogP contribution in [0.15, 0.2) is 18.2 Å². The third-order valence-corrected chi connectivity index (χ3v) is 3.60. The number of benzene rings is 1. The third kappa shape index (κ3) is 1.85. The summed E-state index contributed by atoms with van der Waals surface area (Å²) in [6, 6.07) is 4.72. The molecule has 1 aliphatic carbocycles. The number of methoxy groups -OCH3 is 1. The van der Waals surface area contributed by atoms with E-state index < -0.39 is 0 Å². The predicted molar refractivity (Wildman–Crippen MR) is 61.7 cm³/mol. The molecule has 88 valence electrons. The van der Waals surface area contributed by atoms with Crippen molar-refractivity contribution in [1.82, 2.24) is 0 Å². The Hall–Kier alpha value is -0.930. The molecule has 0 radical (unpaired) electrons. The monoisotopic (exact) mass is 223 g/mol. The Morgan fingerprint density at radius 3 is 2.50 bits per heavy atom. The molecule has 1 saturated carbocycles. The molecule has 1 unspecified atom stereocenters. The van der Waals surface area contributed by atoms with Crippen LogP contribution in [0.5, 0.6) is 0 Å². The van der Waals surface area contributed by atoms with Gasteiger partial charge in [-0.15, -0.1) is 0 Å². The van der Waals surface area contributed by atoms with Gasteiger partial charge in [-0.2, -0.15) is 0 Å². The van der Waals surface area contributed by atoms with Gasteiger partial charge in [0.25, 0.3) is 0 Å². The Labute approximate surface area is 95.6 Å². The lowest BCUT2D eigenvalue weighted by atomic mass is 9.72. The molecule has 3 heteroatoms. The number of hydrogen-bond acceptors (Lipinski definition) is 2. The van der Waals surface area contributed by atoms with E-state index >= 15 is 0 Å². The Morgan fingerprint density at radius 1 is 1.38 bits per heavy atom. The van der Waals surface area contributed by atoms with Crippen LogP contribution >= 0.6 is 0 Å². The minimum atomic E-state index is -0.278. The summed E-state index contributed by atoms with van der Waals surface area (Å²) >= 11 is 0. The summed E-state index contributed by atoms with van der Waals surface area (Å²) in [6.45, 7) is 1.87. The molecule has 16 heavy (non-hydrogen) atoms. The molecule has 1 atom stereocenters. The van der Waals surface area contributed by atoms with Gasteiger partial charge in [-0.05, 0) is 49.4 Å². The number of ether oxygens (including phenoxy) is 1. The molecule has 2 nitrogen and oxygen atoms in total. The number of aryl methyl sites for hydroxylation is 1. The second kappa shape index (κ2) is 4.15. The zero-order valence-electron chi connectivity index (χ0n) is 9.79. The van der Waals surface area contributed by atoms with Gasteiger partial charge in [-0.25, -0.2) is 4.39 Å². The summed E-state index contributed by atoms with van der Waals surface area (Å²) < 4.78 is 18.8. The van der Waals surface area contributed by atoms with Crippen LogP contribution in [0.1, 0.15) is 36.4 Å². The SMILES string of the molecule is COC1(C(N)c2cc(C)cc(F)c2)CCC1. The van der Waals surface area contributed by atoms with Crippen LogP contribution in [-0.4, -0.2) is 12.7 Å². The molecule has 1 aliphatic rings. The molecule has 0 amide bonds. The van der Waals surface area contributed by atoms with Crippen molar-refractivity contribution in [2.24, 2.45) is 5.73 Å². The minimum absolute atomic E-state index is 0.226. The van der Waals surface area contributed by atoms with E-state index in [4.69, 9.17) is 10.5 Å². The number of halogens is 1. The van der Waals surface area contributed by atoms with Crippen LogP contribution in [0.4, 0.5) is 4.39 Å². The van der Waals surface area contributed by atoms with Crippen LogP contribution in [0.25, 0.3) is 0 Å². The van der Waals surface area contributed by atoms with Crippen molar-refractivity contribution >= 4 is 0 Å². The molecule has 0 saturated heterocycles. The van der Waals surface area contributed by atoms with Crippen LogP contribution < -0.4 is 5.73 Å². The summed E-state index contributed by atoms with van der Waals surface area (Å²) in [5.41, 5.74) is 7.65. The maximum atomic E-state index is 13.3. The van der Waals surface area contributed by atoms with Gasteiger partial charge in [0, 0.05) is 7.11 Å². The molecular formula is C13H18FNO. The molecule has 0 bridgehead atoms. The lowest BCUT2D eigenvalue weighted by molar-refractivity contribution is -0.0912. The molecule has 0 aromatic heterocycles. The highest BCUT2D eigenvalue weighted by molar-refractivity contribution is 5.28. The van der Waals surface area contributed by atoms with E-state index in [1.807, 2.05) is 13.0 Å². The zero-order valence-corrected chi connectivity index (χ0v) is 9.79. The first kappa shape index (κ1) is 11.6. The van der Waals surface area contributed by atoms with Gasteiger partial charge in [0.2, 0.25) is 0 Å². The van der Waals surface area contributed by atoms with E-state index in [1.165, 1.54) is 12.1 Å². The highest BCUT2D eigenvalue weighted by atomic mass is 19.1. The van der Waals surface area contributed by atoms with Gasteiger partial charge in [-0.3, -0.25) is 0 Å². The fourth-order valence-corrected chi connectivity index (χ4v) is 2.42. The van der Waals surface area contributed by atoms with Gasteiger partial charge in [0.15, 0.2) is 0 Å². The molecule has 0 aliphatic heterocycles. The van der Waals surface area contributed by atoms with E-state index in [-0.39, 0.29) is 17.5 Å². The van der Waals surface area contributed by atoms with Crippen molar-refractivity contribution in [3.63, 3.8) is 0 Å². The van der Waals surface area contributed by atoms with Crippen molar-refractivity contribution in [3.05, 3.63) is 35.1 Å². The Bertz CT molecular complexity index is 362. The van der Waals surface area contributed by atoms with Gasteiger partial charge in [0.1, 0.15) is 5.82 Å². The average Bonchev–Trinajstić information content (AvgIpc) is 2.15. The maximum absolute atomic E-state index is 13.3. The van der Waals surface area contributed by atoms with Crippen LogP contribution in [0, 0.1) is 12.7 Å². The molecule has 1 aromatic carbocycles. The summed E-state index contributed by atoms with van der Waals surface area (Å²) in [7, 11) is 1.69. The summed E-state index contributed by atoms with van der Waals surface area (Å²) in [4.78, 5) is 0. The van der Waals surface area contributed by atoms with E-state index in [0.29, 0.717) is 0 Å². The van der Waals surface area contributed by atoms with E-state index in [9.17, 15) is 4.39 Å². The van der Waals surface area contributed by atoms with Crippen LogP contribution in [-0.2, 0) is 4.74 Å².